The van der Waals surface area contributed by atoms with E-state index in [-0.39, 0.29) is 23.3 Å². The normalized spacial score (nSPS) is 17.5. The van der Waals surface area contributed by atoms with Crippen molar-refractivity contribution in [2.75, 3.05) is 0 Å². The number of ether oxygens (including phenoxy) is 1. The highest BCUT2D eigenvalue weighted by molar-refractivity contribution is 5.74. The van der Waals surface area contributed by atoms with Crippen LogP contribution in [0.2, 0.25) is 0 Å². The Morgan fingerprint density at radius 1 is 1.10 bits per heavy atom. The van der Waals surface area contributed by atoms with Crippen molar-refractivity contribution >= 4 is 0 Å². The van der Waals surface area contributed by atoms with Crippen molar-refractivity contribution < 1.29 is 22.3 Å². The molecule has 1 nitrogen and oxygen atoms in total. The molecule has 2 aromatic carbocycles. The molecule has 109 valence electrons. The lowest BCUT2D eigenvalue weighted by Crippen LogP contribution is -2.06. The third-order valence-electron chi connectivity index (χ3n) is 3.39. The summed E-state index contributed by atoms with van der Waals surface area (Å²) in [4.78, 5) is 0. The van der Waals surface area contributed by atoms with Gasteiger partial charge in [0, 0.05) is 17.5 Å². The molecule has 0 aromatic heterocycles. The number of hydrogen-bond acceptors (Lipinski definition) is 1. The molecule has 0 N–H and O–H groups in total. The second-order valence-corrected chi connectivity index (χ2v) is 4.93. The summed E-state index contributed by atoms with van der Waals surface area (Å²) in [6.07, 6.45) is -4.68. The first-order chi connectivity index (χ1) is 9.86. The third-order valence-corrected chi connectivity index (χ3v) is 3.39. The highest BCUT2D eigenvalue weighted by Gasteiger charge is 2.35. The van der Waals surface area contributed by atoms with Crippen molar-refractivity contribution in [2.24, 2.45) is 0 Å². The summed E-state index contributed by atoms with van der Waals surface area (Å²) < 4.78 is 58.4. The van der Waals surface area contributed by atoms with Gasteiger partial charge in [0.05, 0.1) is 5.56 Å². The van der Waals surface area contributed by atoms with E-state index in [1.54, 1.807) is 6.07 Å². The summed E-state index contributed by atoms with van der Waals surface area (Å²) >= 11 is 0. The van der Waals surface area contributed by atoms with Gasteiger partial charge < -0.3 is 4.74 Å². The van der Waals surface area contributed by atoms with Gasteiger partial charge in [-0.05, 0) is 30.7 Å². The van der Waals surface area contributed by atoms with Gasteiger partial charge in [-0.3, -0.25) is 0 Å². The van der Waals surface area contributed by atoms with Crippen molar-refractivity contribution in [1.82, 2.24) is 0 Å². The second-order valence-electron chi connectivity index (χ2n) is 4.93. The number of benzene rings is 2. The van der Waals surface area contributed by atoms with E-state index in [1.165, 1.54) is 18.2 Å². The van der Waals surface area contributed by atoms with Crippen molar-refractivity contribution in [3.63, 3.8) is 0 Å². The zero-order valence-electron chi connectivity index (χ0n) is 10.9. The summed E-state index contributed by atoms with van der Waals surface area (Å²) in [6.45, 7) is 3.70. The van der Waals surface area contributed by atoms with Crippen molar-refractivity contribution in [3.8, 4) is 16.9 Å². The van der Waals surface area contributed by atoms with Crippen LogP contribution in [0.1, 0.15) is 11.1 Å². The third kappa shape index (κ3) is 2.48. The first-order valence-electron chi connectivity index (χ1n) is 6.35. The predicted octanol–water partition coefficient (Wildman–Crippen LogP) is 4.65. The largest absolute Gasteiger partial charge is 0.489 e. The van der Waals surface area contributed by atoms with Gasteiger partial charge in [0.25, 0.3) is 0 Å². The second kappa shape index (κ2) is 4.76. The molecular weight excluding hydrogens is 284 g/mol. The lowest BCUT2D eigenvalue weighted by Gasteiger charge is -2.14. The summed E-state index contributed by atoms with van der Waals surface area (Å²) in [5, 5.41) is 0. The maximum absolute atomic E-state index is 13.9. The lowest BCUT2D eigenvalue weighted by molar-refractivity contribution is -0.137. The number of alkyl halides is 3. The Hall–Kier alpha value is -2.04. The van der Waals surface area contributed by atoms with Gasteiger partial charge in [-0.15, -0.1) is 0 Å². The van der Waals surface area contributed by atoms with Crippen LogP contribution in [0.5, 0.6) is 5.75 Å². The van der Waals surface area contributed by atoms with Gasteiger partial charge in [0.1, 0.15) is 17.7 Å². The molecule has 0 saturated heterocycles. The molecule has 1 atom stereocenters. The van der Waals surface area contributed by atoms with Gasteiger partial charge in [-0.25, -0.2) is 4.39 Å². The molecule has 1 unspecified atom stereocenters. The molecule has 5 heteroatoms. The fraction of sp³-hybridized carbons (Fsp3) is 0.188. The van der Waals surface area contributed by atoms with E-state index in [2.05, 4.69) is 6.92 Å². The van der Waals surface area contributed by atoms with E-state index in [0.717, 1.165) is 12.1 Å². The zero-order valence-corrected chi connectivity index (χ0v) is 10.9. The van der Waals surface area contributed by atoms with E-state index in [9.17, 15) is 17.6 Å². The summed E-state index contributed by atoms with van der Waals surface area (Å²) in [7, 11) is 0. The van der Waals surface area contributed by atoms with Crippen LogP contribution in [0.25, 0.3) is 11.1 Å². The molecule has 1 radical (unpaired) electrons. The van der Waals surface area contributed by atoms with Crippen LogP contribution in [0.15, 0.2) is 36.4 Å². The first-order valence-corrected chi connectivity index (χ1v) is 6.35. The molecule has 1 aliphatic rings. The molecule has 1 aliphatic heterocycles. The van der Waals surface area contributed by atoms with E-state index < -0.39 is 23.7 Å². The molecular formula is C16H11F4O. The molecule has 0 amide bonds. The minimum atomic E-state index is -4.49. The summed E-state index contributed by atoms with van der Waals surface area (Å²) in [5.41, 5.74) is -0.196. The van der Waals surface area contributed by atoms with Crippen LogP contribution in [0, 0.1) is 12.7 Å². The molecule has 0 fully saturated rings. The highest BCUT2D eigenvalue weighted by Crippen LogP contribution is 2.43. The average Bonchev–Trinajstić information content (AvgIpc) is 2.77. The van der Waals surface area contributed by atoms with Crippen molar-refractivity contribution in [3.05, 3.63) is 60.3 Å². The predicted molar refractivity (Wildman–Crippen MR) is 70.3 cm³/mol. The van der Waals surface area contributed by atoms with Crippen molar-refractivity contribution in [1.29, 1.82) is 0 Å². The number of rotatable bonds is 1. The van der Waals surface area contributed by atoms with E-state index in [4.69, 9.17) is 4.74 Å². The van der Waals surface area contributed by atoms with Crippen LogP contribution in [0.4, 0.5) is 17.6 Å². The molecule has 1 heterocycles. The van der Waals surface area contributed by atoms with E-state index in [0.29, 0.717) is 5.56 Å². The Morgan fingerprint density at radius 2 is 1.81 bits per heavy atom. The van der Waals surface area contributed by atoms with Crippen LogP contribution in [0.3, 0.4) is 0 Å². The molecule has 0 aliphatic carbocycles. The minimum absolute atomic E-state index is 0.0916. The number of fused-ring (bicyclic) bond motifs is 1. The summed E-state index contributed by atoms with van der Waals surface area (Å²) in [6, 6.07) is 7.67. The van der Waals surface area contributed by atoms with E-state index in [1.807, 2.05) is 0 Å². The van der Waals surface area contributed by atoms with Crippen LogP contribution < -0.4 is 4.74 Å². The Kier molecular flexibility index (Phi) is 3.15. The number of halogens is 4. The Morgan fingerprint density at radius 3 is 2.48 bits per heavy atom. The van der Waals surface area contributed by atoms with Crippen LogP contribution in [-0.2, 0) is 12.6 Å². The Labute approximate surface area is 119 Å². The molecule has 0 bridgehead atoms. The van der Waals surface area contributed by atoms with Gasteiger partial charge in [-0.2, -0.15) is 13.2 Å². The Bertz CT molecular complexity index is 691. The summed E-state index contributed by atoms with van der Waals surface area (Å²) in [5.74, 6) is -0.303. The van der Waals surface area contributed by atoms with Gasteiger partial charge >= 0.3 is 6.18 Å². The van der Waals surface area contributed by atoms with Crippen LogP contribution >= 0.6 is 0 Å². The zero-order chi connectivity index (χ0) is 15.2. The van der Waals surface area contributed by atoms with Gasteiger partial charge in [0.15, 0.2) is 0 Å². The molecule has 0 saturated carbocycles. The van der Waals surface area contributed by atoms with E-state index >= 15 is 0 Å². The quantitative estimate of drug-likeness (QED) is 0.696. The monoisotopic (exact) mass is 295 g/mol. The number of hydrogen-bond donors (Lipinski definition) is 0. The minimum Gasteiger partial charge on any atom is -0.489 e. The molecule has 3 rings (SSSR count). The van der Waals surface area contributed by atoms with Gasteiger partial charge in [0.2, 0.25) is 0 Å². The molecule has 2 aromatic rings. The fourth-order valence-corrected chi connectivity index (χ4v) is 2.48. The maximum atomic E-state index is 13.9. The van der Waals surface area contributed by atoms with Gasteiger partial charge in [-0.1, -0.05) is 18.2 Å². The first kappa shape index (κ1) is 13.9. The molecule has 0 spiro atoms. The van der Waals surface area contributed by atoms with Crippen LogP contribution in [-0.4, -0.2) is 6.10 Å². The average molecular weight is 295 g/mol. The topological polar surface area (TPSA) is 9.23 Å². The SMILES string of the molecule is [CH2]C1Cc2cc(C(F)(F)F)cc(-c3ccccc3F)c2O1. The molecule has 21 heavy (non-hydrogen) atoms. The standard InChI is InChI=1S/C16H11F4O/c1-9-6-10-7-11(16(18,19)20)8-13(15(10)21-9)12-4-2-3-5-14(12)17/h2-5,7-9H,1,6H2. The van der Waals surface area contributed by atoms with Crippen molar-refractivity contribution in [2.45, 2.75) is 18.7 Å². The fourth-order valence-electron chi connectivity index (χ4n) is 2.48. The maximum Gasteiger partial charge on any atom is 0.416 e. The lowest BCUT2D eigenvalue weighted by atomic mass is 9.97. The highest BCUT2D eigenvalue weighted by atomic mass is 19.4. The smallest absolute Gasteiger partial charge is 0.416 e. The Balaban J connectivity index is 2.25.